The van der Waals surface area contributed by atoms with Crippen LogP contribution in [-0.2, 0) is 20.2 Å². The van der Waals surface area contributed by atoms with E-state index in [9.17, 15) is 18.3 Å². The van der Waals surface area contributed by atoms with Gasteiger partial charge in [0, 0.05) is 13.0 Å². The number of carboxylic acids is 1. The highest BCUT2D eigenvalue weighted by Gasteiger charge is 2.51. The zero-order valence-corrected chi connectivity index (χ0v) is 12.5. The second-order valence-electron chi connectivity index (χ2n) is 4.99. The maximum absolute atomic E-state index is 12.0. The van der Waals surface area contributed by atoms with Crippen molar-refractivity contribution in [3.8, 4) is 11.8 Å². The normalized spacial score (nSPS) is 15.9. The number of nitrogens with one attached hydrogen (secondary N) is 1. The third kappa shape index (κ3) is 3.26. The lowest BCUT2D eigenvalue weighted by atomic mass is 9.96. The summed E-state index contributed by atoms with van der Waals surface area (Å²) in [7, 11) is -3.57. The fourth-order valence-corrected chi connectivity index (χ4v) is 3.19. The summed E-state index contributed by atoms with van der Waals surface area (Å²) in [6.45, 7) is 1.95. The van der Waals surface area contributed by atoms with E-state index in [1.54, 1.807) is 19.1 Å². The number of sulfonamides is 1. The van der Waals surface area contributed by atoms with Crippen LogP contribution in [0, 0.1) is 11.8 Å². The van der Waals surface area contributed by atoms with Crippen LogP contribution in [0.5, 0.6) is 0 Å². The molecule has 1 aromatic carbocycles. The highest BCUT2D eigenvalue weighted by atomic mass is 32.2. The molecule has 0 aromatic heterocycles. The van der Waals surface area contributed by atoms with E-state index in [4.69, 9.17) is 0 Å². The highest BCUT2D eigenvalue weighted by molar-refractivity contribution is 7.89. The summed E-state index contributed by atoms with van der Waals surface area (Å²) >= 11 is 0. The molecule has 0 aliphatic heterocycles. The molecule has 0 atom stereocenters. The van der Waals surface area contributed by atoms with Crippen LogP contribution < -0.4 is 4.72 Å². The SMILES string of the molecule is CC#CCCNS(=O)(=O)c1ccc(C2(C(=O)O)CC2)cc1. The quantitative estimate of drug-likeness (QED) is 0.616. The Morgan fingerprint density at radius 2 is 1.95 bits per heavy atom. The Morgan fingerprint density at radius 1 is 1.33 bits per heavy atom. The van der Waals surface area contributed by atoms with Gasteiger partial charge in [-0.1, -0.05) is 12.1 Å². The third-order valence-corrected chi connectivity index (χ3v) is 5.07. The molecule has 21 heavy (non-hydrogen) atoms. The third-order valence-electron chi connectivity index (χ3n) is 3.60. The van der Waals surface area contributed by atoms with Crippen LogP contribution in [0.25, 0.3) is 0 Å². The number of rotatable bonds is 6. The minimum Gasteiger partial charge on any atom is -0.481 e. The Kier molecular flexibility index (Phi) is 4.35. The van der Waals surface area contributed by atoms with Crippen LogP contribution in [0.15, 0.2) is 29.2 Å². The molecule has 1 saturated carbocycles. The molecule has 1 aromatic rings. The van der Waals surface area contributed by atoms with Gasteiger partial charge in [0.2, 0.25) is 10.0 Å². The molecule has 0 heterocycles. The fraction of sp³-hybridized carbons (Fsp3) is 0.400. The summed E-state index contributed by atoms with van der Waals surface area (Å²) in [5.74, 6) is 4.62. The van der Waals surface area contributed by atoms with E-state index in [0.29, 0.717) is 24.8 Å². The van der Waals surface area contributed by atoms with Crippen LogP contribution in [0.3, 0.4) is 0 Å². The molecular formula is C15H17NO4S. The van der Waals surface area contributed by atoms with Crippen molar-refractivity contribution < 1.29 is 18.3 Å². The molecule has 1 fully saturated rings. The molecule has 0 bridgehead atoms. The average Bonchev–Trinajstić information content (AvgIpc) is 3.25. The van der Waals surface area contributed by atoms with E-state index in [-0.39, 0.29) is 11.4 Å². The van der Waals surface area contributed by atoms with E-state index < -0.39 is 21.4 Å². The number of aliphatic carboxylic acids is 1. The van der Waals surface area contributed by atoms with Gasteiger partial charge in [-0.2, -0.15) is 0 Å². The second-order valence-corrected chi connectivity index (χ2v) is 6.75. The van der Waals surface area contributed by atoms with Gasteiger partial charge in [-0.15, -0.1) is 11.8 Å². The fourth-order valence-electron chi connectivity index (χ4n) is 2.16. The monoisotopic (exact) mass is 307 g/mol. The minimum absolute atomic E-state index is 0.136. The van der Waals surface area contributed by atoms with Crippen LogP contribution >= 0.6 is 0 Å². The van der Waals surface area contributed by atoms with E-state index in [1.165, 1.54) is 12.1 Å². The van der Waals surface area contributed by atoms with Crippen molar-refractivity contribution in [1.82, 2.24) is 4.72 Å². The molecule has 0 amide bonds. The molecule has 0 radical (unpaired) electrons. The van der Waals surface area contributed by atoms with Crippen molar-refractivity contribution in [3.63, 3.8) is 0 Å². The lowest BCUT2D eigenvalue weighted by Gasteiger charge is -2.11. The summed E-state index contributed by atoms with van der Waals surface area (Å²) in [5.41, 5.74) is -0.155. The Bertz CT molecular complexity index is 691. The lowest BCUT2D eigenvalue weighted by Crippen LogP contribution is -2.25. The lowest BCUT2D eigenvalue weighted by molar-refractivity contribution is -0.140. The molecule has 0 spiro atoms. The first-order chi connectivity index (χ1) is 9.92. The standard InChI is InChI=1S/C15H17NO4S/c1-2-3-4-11-16-21(19,20)13-7-5-12(6-8-13)15(9-10-15)14(17)18/h5-8,16H,4,9-11H2,1H3,(H,17,18). The topological polar surface area (TPSA) is 83.5 Å². The zero-order chi connectivity index (χ0) is 15.5. The first-order valence-corrected chi connectivity index (χ1v) is 8.14. The van der Waals surface area contributed by atoms with Crippen molar-refractivity contribution in [1.29, 1.82) is 0 Å². The van der Waals surface area contributed by atoms with Gasteiger partial charge in [0.15, 0.2) is 0 Å². The maximum Gasteiger partial charge on any atom is 0.314 e. The van der Waals surface area contributed by atoms with Crippen molar-refractivity contribution in [2.24, 2.45) is 0 Å². The average molecular weight is 307 g/mol. The molecular weight excluding hydrogens is 290 g/mol. The van der Waals surface area contributed by atoms with Crippen LogP contribution in [-0.4, -0.2) is 26.0 Å². The minimum atomic E-state index is -3.57. The second kappa shape index (κ2) is 5.88. The first kappa shape index (κ1) is 15.5. The van der Waals surface area contributed by atoms with Crippen LogP contribution in [0.4, 0.5) is 0 Å². The van der Waals surface area contributed by atoms with E-state index >= 15 is 0 Å². The first-order valence-electron chi connectivity index (χ1n) is 6.65. The van der Waals surface area contributed by atoms with Gasteiger partial charge in [0.25, 0.3) is 0 Å². The molecule has 2 rings (SSSR count). The van der Waals surface area contributed by atoms with Crippen LogP contribution in [0.1, 0.15) is 31.7 Å². The number of carbonyl (C=O) groups is 1. The van der Waals surface area contributed by atoms with Crippen LogP contribution in [0.2, 0.25) is 0 Å². The molecule has 5 nitrogen and oxygen atoms in total. The predicted molar refractivity (Wildman–Crippen MR) is 78.2 cm³/mol. The van der Waals surface area contributed by atoms with Gasteiger partial charge < -0.3 is 5.11 Å². The predicted octanol–water partition coefficient (Wildman–Crippen LogP) is 1.49. The smallest absolute Gasteiger partial charge is 0.314 e. The summed E-state index contributed by atoms with van der Waals surface area (Å²) in [5, 5.41) is 9.21. The van der Waals surface area contributed by atoms with Gasteiger partial charge in [-0.25, -0.2) is 13.1 Å². The molecule has 2 N–H and O–H groups in total. The number of benzene rings is 1. The Hall–Kier alpha value is -1.84. The van der Waals surface area contributed by atoms with Crippen molar-refractivity contribution >= 4 is 16.0 Å². The Balaban J connectivity index is 2.11. The molecule has 1 aliphatic rings. The largest absolute Gasteiger partial charge is 0.481 e. The highest BCUT2D eigenvalue weighted by Crippen LogP contribution is 2.48. The summed E-state index contributed by atoms with van der Waals surface area (Å²) in [6, 6.07) is 6.07. The van der Waals surface area contributed by atoms with Gasteiger partial charge >= 0.3 is 5.97 Å². The van der Waals surface area contributed by atoms with Gasteiger partial charge in [-0.05, 0) is 37.5 Å². The molecule has 6 heteroatoms. The zero-order valence-electron chi connectivity index (χ0n) is 11.7. The Labute approximate surface area is 124 Å². The molecule has 0 saturated heterocycles. The van der Waals surface area contributed by atoms with Crippen molar-refractivity contribution in [2.45, 2.75) is 36.5 Å². The Morgan fingerprint density at radius 3 is 2.43 bits per heavy atom. The van der Waals surface area contributed by atoms with Gasteiger partial charge in [-0.3, -0.25) is 4.79 Å². The van der Waals surface area contributed by atoms with Gasteiger partial charge in [0.05, 0.1) is 10.3 Å². The molecule has 1 aliphatic carbocycles. The molecule has 0 unspecified atom stereocenters. The van der Waals surface area contributed by atoms with Gasteiger partial charge in [0.1, 0.15) is 0 Å². The van der Waals surface area contributed by atoms with E-state index in [0.717, 1.165) is 0 Å². The van der Waals surface area contributed by atoms with E-state index in [1.807, 2.05) is 0 Å². The summed E-state index contributed by atoms with van der Waals surface area (Å²) < 4.78 is 26.5. The summed E-state index contributed by atoms with van der Waals surface area (Å²) in [4.78, 5) is 11.4. The molecule has 112 valence electrons. The summed E-state index contributed by atoms with van der Waals surface area (Å²) in [6.07, 6.45) is 1.65. The number of hydrogen-bond acceptors (Lipinski definition) is 3. The number of hydrogen-bond donors (Lipinski definition) is 2. The maximum atomic E-state index is 12.0. The number of carboxylic acid groups (broad SMARTS) is 1. The van der Waals surface area contributed by atoms with Crippen molar-refractivity contribution in [3.05, 3.63) is 29.8 Å². The van der Waals surface area contributed by atoms with E-state index in [2.05, 4.69) is 16.6 Å². The van der Waals surface area contributed by atoms with Crippen molar-refractivity contribution in [2.75, 3.05) is 6.54 Å².